The molecule has 1 fully saturated rings. The monoisotopic (exact) mass is 450 g/mol. The predicted octanol–water partition coefficient (Wildman–Crippen LogP) is 3.66. The normalized spacial score (nSPS) is 17.2. The number of piperidine rings is 1. The van der Waals surface area contributed by atoms with Gasteiger partial charge >= 0.3 is 0 Å². The van der Waals surface area contributed by atoms with E-state index >= 15 is 0 Å². The van der Waals surface area contributed by atoms with E-state index in [9.17, 15) is 17.6 Å². The number of ether oxygens (including phenoxy) is 2. The Morgan fingerprint density at radius 3 is 2.71 bits per heavy atom. The van der Waals surface area contributed by atoms with Crippen molar-refractivity contribution in [2.75, 3.05) is 32.6 Å². The summed E-state index contributed by atoms with van der Waals surface area (Å²) in [6.07, 6.45) is 2.36. The molecule has 1 aliphatic rings. The molecule has 1 heterocycles. The molecule has 0 spiro atoms. The van der Waals surface area contributed by atoms with Crippen LogP contribution in [0.3, 0.4) is 0 Å². The summed E-state index contributed by atoms with van der Waals surface area (Å²) in [6.45, 7) is 0.711. The van der Waals surface area contributed by atoms with E-state index < -0.39 is 15.8 Å². The Bertz CT molecular complexity index is 1030. The van der Waals surface area contributed by atoms with Crippen molar-refractivity contribution in [3.05, 3.63) is 48.3 Å². The van der Waals surface area contributed by atoms with Gasteiger partial charge in [-0.3, -0.25) is 4.79 Å². The number of carbonyl (C=O) groups is 1. The summed E-state index contributed by atoms with van der Waals surface area (Å²) >= 11 is 0. The lowest BCUT2D eigenvalue weighted by molar-refractivity contribution is -0.116. The SMILES string of the molecule is COc1ccc(NC(=O)CCC2CCCN(S(=O)(=O)c3cccc(F)c3)C2)c(OC)c1. The van der Waals surface area contributed by atoms with Crippen LogP contribution in [0.15, 0.2) is 47.4 Å². The molecule has 1 unspecified atom stereocenters. The number of rotatable bonds is 8. The zero-order valence-corrected chi connectivity index (χ0v) is 18.5. The van der Waals surface area contributed by atoms with Crippen LogP contribution in [0.25, 0.3) is 0 Å². The summed E-state index contributed by atoms with van der Waals surface area (Å²) in [5.74, 6) is 0.420. The maximum Gasteiger partial charge on any atom is 0.243 e. The molecule has 31 heavy (non-hydrogen) atoms. The smallest absolute Gasteiger partial charge is 0.243 e. The van der Waals surface area contributed by atoms with E-state index in [4.69, 9.17) is 9.47 Å². The van der Waals surface area contributed by atoms with E-state index in [0.29, 0.717) is 43.1 Å². The number of carbonyl (C=O) groups excluding carboxylic acids is 1. The summed E-state index contributed by atoms with van der Waals surface area (Å²) < 4.78 is 51.0. The van der Waals surface area contributed by atoms with Crippen molar-refractivity contribution in [1.82, 2.24) is 4.31 Å². The molecule has 0 aliphatic carbocycles. The molecule has 1 aliphatic heterocycles. The van der Waals surface area contributed by atoms with E-state index in [1.807, 2.05) is 0 Å². The van der Waals surface area contributed by atoms with Crippen molar-refractivity contribution >= 4 is 21.6 Å². The number of anilines is 1. The first-order valence-corrected chi connectivity index (χ1v) is 11.5. The highest BCUT2D eigenvalue weighted by Crippen LogP contribution is 2.30. The number of hydrogen-bond donors (Lipinski definition) is 1. The number of nitrogens with one attached hydrogen (secondary N) is 1. The molecule has 3 rings (SSSR count). The van der Waals surface area contributed by atoms with E-state index in [-0.39, 0.29) is 23.1 Å². The number of nitrogens with zero attached hydrogens (tertiary/aromatic N) is 1. The number of sulfonamides is 1. The second kappa shape index (κ2) is 10.1. The summed E-state index contributed by atoms with van der Waals surface area (Å²) in [7, 11) is -0.691. The summed E-state index contributed by atoms with van der Waals surface area (Å²) in [6, 6.07) is 10.2. The van der Waals surface area contributed by atoms with Crippen LogP contribution in [0, 0.1) is 11.7 Å². The van der Waals surface area contributed by atoms with Crippen LogP contribution in [0.1, 0.15) is 25.7 Å². The minimum Gasteiger partial charge on any atom is -0.497 e. The molecule has 0 radical (unpaired) electrons. The fourth-order valence-electron chi connectivity index (χ4n) is 3.71. The Morgan fingerprint density at radius 1 is 1.19 bits per heavy atom. The molecule has 2 aromatic rings. The van der Waals surface area contributed by atoms with Gasteiger partial charge in [-0.25, -0.2) is 12.8 Å². The molecule has 0 bridgehead atoms. The zero-order valence-electron chi connectivity index (χ0n) is 17.6. The summed E-state index contributed by atoms with van der Waals surface area (Å²) in [5.41, 5.74) is 0.548. The highest BCUT2D eigenvalue weighted by atomic mass is 32.2. The Morgan fingerprint density at radius 2 is 2.00 bits per heavy atom. The average molecular weight is 451 g/mol. The van der Waals surface area contributed by atoms with E-state index in [2.05, 4.69) is 5.32 Å². The third-order valence-corrected chi connectivity index (χ3v) is 7.24. The molecule has 0 saturated carbocycles. The second-order valence-corrected chi connectivity index (χ2v) is 9.42. The maximum atomic E-state index is 13.5. The van der Waals surface area contributed by atoms with Gasteiger partial charge in [0.2, 0.25) is 15.9 Å². The first-order valence-electron chi connectivity index (χ1n) is 10.1. The topological polar surface area (TPSA) is 84.9 Å². The molecular formula is C22H27FN2O5S. The third-order valence-electron chi connectivity index (χ3n) is 5.38. The Kier molecular flexibility index (Phi) is 7.50. The van der Waals surface area contributed by atoms with Gasteiger partial charge in [0.15, 0.2) is 0 Å². The van der Waals surface area contributed by atoms with E-state index in [0.717, 1.165) is 12.5 Å². The Balaban J connectivity index is 1.58. The molecule has 1 amide bonds. The van der Waals surface area contributed by atoms with Crippen molar-refractivity contribution in [2.24, 2.45) is 5.92 Å². The molecule has 7 nitrogen and oxygen atoms in total. The van der Waals surface area contributed by atoms with Crippen LogP contribution in [0.2, 0.25) is 0 Å². The summed E-state index contributed by atoms with van der Waals surface area (Å²) in [4.78, 5) is 12.4. The number of methoxy groups -OCH3 is 2. The molecule has 9 heteroatoms. The molecule has 168 valence electrons. The Hall–Kier alpha value is -2.65. The number of benzene rings is 2. The van der Waals surface area contributed by atoms with Crippen LogP contribution in [0.4, 0.5) is 10.1 Å². The highest BCUT2D eigenvalue weighted by molar-refractivity contribution is 7.89. The van der Waals surface area contributed by atoms with Gasteiger partial charge in [-0.1, -0.05) is 6.07 Å². The van der Waals surface area contributed by atoms with Crippen molar-refractivity contribution in [2.45, 2.75) is 30.6 Å². The van der Waals surface area contributed by atoms with Gasteiger partial charge in [-0.05, 0) is 55.5 Å². The molecule has 1 saturated heterocycles. The molecular weight excluding hydrogens is 423 g/mol. The largest absolute Gasteiger partial charge is 0.497 e. The first kappa shape index (κ1) is 23.0. The second-order valence-electron chi connectivity index (χ2n) is 7.48. The van der Waals surface area contributed by atoms with Crippen LogP contribution in [0.5, 0.6) is 11.5 Å². The molecule has 2 aromatic carbocycles. The first-order chi connectivity index (χ1) is 14.8. The van der Waals surface area contributed by atoms with Gasteiger partial charge in [-0.2, -0.15) is 4.31 Å². The molecule has 1 N–H and O–H groups in total. The van der Waals surface area contributed by atoms with Crippen molar-refractivity contribution in [1.29, 1.82) is 0 Å². The van der Waals surface area contributed by atoms with Crippen LogP contribution in [-0.4, -0.2) is 45.9 Å². The van der Waals surface area contributed by atoms with E-state index in [1.54, 1.807) is 25.3 Å². The number of amides is 1. The fourth-order valence-corrected chi connectivity index (χ4v) is 5.29. The average Bonchev–Trinajstić information content (AvgIpc) is 2.78. The lowest BCUT2D eigenvalue weighted by Gasteiger charge is -2.32. The van der Waals surface area contributed by atoms with Gasteiger partial charge in [0.05, 0.1) is 24.8 Å². The van der Waals surface area contributed by atoms with Crippen molar-refractivity contribution < 1.29 is 27.1 Å². The van der Waals surface area contributed by atoms with Gasteiger partial charge in [-0.15, -0.1) is 0 Å². The third kappa shape index (κ3) is 5.74. The standard InChI is InChI=1S/C22H27FN2O5S/c1-29-18-9-10-20(21(14-18)30-2)24-22(26)11-8-16-5-4-12-25(15-16)31(27,28)19-7-3-6-17(23)13-19/h3,6-7,9-10,13-14,16H,4-5,8,11-12,15H2,1-2H3,(H,24,26). The van der Waals surface area contributed by atoms with Crippen molar-refractivity contribution in [3.63, 3.8) is 0 Å². The van der Waals surface area contributed by atoms with Crippen LogP contribution in [-0.2, 0) is 14.8 Å². The highest BCUT2D eigenvalue weighted by Gasteiger charge is 2.30. The molecule has 0 aromatic heterocycles. The number of hydrogen-bond acceptors (Lipinski definition) is 5. The maximum absolute atomic E-state index is 13.5. The Labute approximate surface area is 182 Å². The van der Waals surface area contributed by atoms with Gasteiger partial charge in [0.1, 0.15) is 17.3 Å². The van der Waals surface area contributed by atoms with E-state index in [1.165, 1.54) is 29.6 Å². The summed E-state index contributed by atoms with van der Waals surface area (Å²) in [5, 5.41) is 2.83. The lowest BCUT2D eigenvalue weighted by atomic mass is 9.94. The van der Waals surface area contributed by atoms with Gasteiger partial charge in [0, 0.05) is 25.6 Å². The van der Waals surface area contributed by atoms with Crippen molar-refractivity contribution in [3.8, 4) is 11.5 Å². The fraction of sp³-hybridized carbons (Fsp3) is 0.409. The van der Waals surface area contributed by atoms with Gasteiger partial charge in [0.25, 0.3) is 0 Å². The van der Waals surface area contributed by atoms with Gasteiger partial charge < -0.3 is 14.8 Å². The minimum atomic E-state index is -3.76. The predicted molar refractivity (Wildman–Crippen MR) is 115 cm³/mol. The lowest BCUT2D eigenvalue weighted by Crippen LogP contribution is -2.40. The minimum absolute atomic E-state index is 0.0440. The van der Waals surface area contributed by atoms with Crippen LogP contribution < -0.4 is 14.8 Å². The number of halogens is 1. The molecule has 1 atom stereocenters. The zero-order chi connectivity index (χ0) is 22.4. The van der Waals surface area contributed by atoms with Crippen LogP contribution >= 0.6 is 0 Å². The quantitative estimate of drug-likeness (QED) is 0.664.